The van der Waals surface area contributed by atoms with Gasteiger partial charge < -0.3 is 0 Å². The number of rotatable bonds is 0. The second kappa shape index (κ2) is 11.4. The summed E-state index contributed by atoms with van der Waals surface area (Å²) in [6.45, 7) is 1.42. The predicted molar refractivity (Wildman–Crippen MR) is 132 cm³/mol. The monoisotopic (exact) mass is 708 g/mol. The molecule has 0 bridgehead atoms. The molecule has 6 aromatic carbocycles. The van der Waals surface area contributed by atoms with Crippen molar-refractivity contribution >= 4 is 43.1 Å². The maximum atomic E-state index is 14.2. The van der Waals surface area contributed by atoms with E-state index in [1.54, 1.807) is 0 Å². The van der Waals surface area contributed by atoms with Crippen LogP contribution >= 0.6 is 0 Å². The van der Waals surface area contributed by atoms with E-state index < -0.39 is 159 Å². The van der Waals surface area contributed by atoms with Crippen LogP contribution in [0.4, 0.5) is 79.0 Å². The van der Waals surface area contributed by atoms with Gasteiger partial charge >= 0.3 is 0 Å². The van der Waals surface area contributed by atoms with E-state index in [0.717, 1.165) is 6.92 Å². The highest BCUT2D eigenvalue weighted by molar-refractivity contribution is 6.11. The molecule has 48 heavy (non-hydrogen) atoms. The van der Waals surface area contributed by atoms with E-state index in [0.29, 0.717) is 6.92 Å². The first-order valence-corrected chi connectivity index (χ1v) is 12.4. The van der Waals surface area contributed by atoms with Crippen LogP contribution in [-0.2, 0) is 0 Å². The fourth-order valence-electron chi connectivity index (χ4n) is 5.10. The van der Waals surface area contributed by atoms with Crippen molar-refractivity contribution in [2.45, 2.75) is 13.8 Å². The number of benzene rings is 6. The fraction of sp³-hybridized carbons (Fsp3) is 0.0667. The van der Waals surface area contributed by atoms with E-state index >= 15 is 0 Å². The van der Waals surface area contributed by atoms with Crippen LogP contribution in [0.1, 0.15) is 11.1 Å². The average Bonchev–Trinajstić information content (AvgIpc) is 3.06. The van der Waals surface area contributed by atoms with Gasteiger partial charge in [-0.15, -0.1) is 0 Å². The molecule has 0 unspecified atom stereocenters. The zero-order chi connectivity index (χ0) is 36.2. The lowest BCUT2D eigenvalue weighted by molar-refractivity contribution is 0.413. The Bertz CT molecular complexity index is 2110. The van der Waals surface area contributed by atoms with Gasteiger partial charge in [0.1, 0.15) is 11.6 Å². The van der Waals surface area contributed by atoms with Crippen LogP contribution in [0, 0.1) is 119 Å². The molecule has 0 nitrogen and oxygen atoms in total. The SMILES string of the molecule is Cc1c(F)c(F)c2c(F)c(F)c3c(F)c(F)c(F)c(F)c3c2c1F.Cc1c(F)c2c(F)c(F)c(F)c(F)c2c2c(F)c(F)c(F)c(F)c12. The van der Waals surface area contributed by atoms with Gasteiger partial charge in [0, 0.05) is 32.5 Å². The van der Waals surface area contributed by atoms with E-state index in [9.17, 15) is 79.0 Å². The van der Waals surface area contributed by atoms with Gasteiger partial charge in [-0.3, -0.25) is 0 Å². The summed E-state index contributed by atoms with van der Waals surface area (Å²) >= 11 is 0. The van der Waals surface area contributed by atoms with E-state index in [1.165, 1.54) is 0 Å². The zero-order valence-electron chi connectivity index (χ0n) is 22.8. The van der Waals surface area contributed by atoms with E-state index in [2.05, 4.69) is 0 Å². The van der Waals surface area contributed by atoms with Crippen molar-refractivity contribution in [1.29, 1.82) is 0 Å². The average molecular weight is 708 g/mol. The Labute approximate surface area is 252 Å². The lowest BCUT2D eigenvalue weighted by Gasteiger charge is -2.14. The molecule has 0 fully saturated rings. The van der Waals surface area contributed by atoms with Crippen molar-refractivity contribution < 1.29 is 79.0 Å². The molecule has 0 saturated heterocycles. The minimum atomic E-state index is -2.46. The molecule has 0 aliphatic carbocycles. The van der Waals surface area contributed by atoms with Crippen LogP contribution in [0.3, 0.4) is 0 Å². The summed E-state index contributed by atoms with van der Waals surface area (Å²) in [6.07, 6.45) is 0. The molecule has 0 amide bonds. The first-order chi connectivity index (χ1) is 22.2. The first-order valence-electron chi connectivity index (χ1n) is 12.4. The third kappa shape index (κ3) is 4.36. The van der Waals surface area contributed by atoms with Crippen LogP contribution in [0.2, 0.25) is 0 Å². The summed E-state index contributed by atoms with van der Waals surface area (Å²) in [6, 6.07) is 0. The van der Waals surface area contributed by atoms with Crippen molar-refractivity contribution in [3.63, 3.8) is 0 Å². The van der Waals surface area contributed by atoms with Crippen LogP contribution in [0.15, 0.2) is 0 Å². The molecular weight excluding hydrogens is 702 g/mol. The van der Waals surface area contributed by atoms with Gasteiger partial charge in [-0.05, 0) is 19.4 Å². The lowest BCUT2D eigenvalue weighted by atomic mass is 9.94. The predicted octanol–water partition coefficient (Wildman–Crippen LogP) is 11.1. The minimum Gasteiger partial charge on any atom is -0.206 e. The summed E-state index contributed by atoms with van der Waals surface area (Å²) in [4.78, 5) is 0. The Balaban J connectivity index is 0.000000188. The number of hydrogen-bond donors (Lipinski definition) is 0. The Kier molecular flexibility index (Phi) is 8.15. The highest BCUT2D eigenvalue weighted by Gasteiger charge is 2.33. The van der Waals surface area contributed by atoms with Crippen molar-refractivity contribution in [1.82, 2.24) is 0 Å². The summed E-state index contributed by atoms with van der Waals surface area (Å²) in [5, 5.41) is -12.2. The molecule has 0 aliphatic rings. The molecule has 0 spiro atoms. The highest BCUT2D eigenvalue weighted by atomic mass is 19.2. The molecule has 0 N–H and O–H groups in total. The van der Waals surface area contributed by atoms with Gasteiger partial charge in [-0.2, -0.15) is 0 Å². The van der Waals surface area contributed by atoms with E-state index in [1.807, 2.05) is 0 Å². The number of halogens is 18. The van der Waals surface area contributed by atoms with E-state index in [-0.39, 0.29) is 0 Å². The highest BCUT2D eigenvalue weighted by Crippen LogP contribution is 2.42. The van der Waals surface area contributed by atoms with Gasteiger partial charge in [0.2, 0.25) is 0 Å². The molecule has 252 valence electrons. The minimum absolute atomic E-state index is 0.689. The summed E-state index contributed by atoms with van der Waals surface area (Å²) in [7, 11) is 0. The quantitative estimate of drug-likeness (QED) is 0.0638. The molecule has 6 rings (SSSR count). The standard InChI is InChI=1S/2C15H3F9/c1-2-7(16)3-4-6(13(22)15(24)14(23)9(4)18)12(21)11(20)5(3)10(19)8(2)17;1-2-3-4(9(18)13(22)12(21)8(3)17)5-6(7(2)16)11(20)15(24)14(23)10(5)19/h2*1H3. The number of fused-ring (bicyclic) bond motifs is 6. The molecule has 0 radical (unpaired) electrons. The molecular formula is C30H6F18. The number of hydrogen-bond acceptors (Lipinski definition) is 0. The van der Waals surface area contributed by atoms with Gasteiger partial charge in [-0.1, -0.05) is 0 Å². The van der Waals surface area contributed by atoms with Crippen LogP contribution < -0.4 is 0 Å². The summed E-state index contributed by atoms with van der Waals surface area (Å²) in [5.74, 6) is -39.8. The molecule has 0 aromatic heterocycles. The molecule has 18 heteroatoms. The van der Waals surface area contributed by atoms with Crippen LogP contribution in [0.25, 0.3) is 43.1 Å². The molecule has 0 atom stereocenters. The van der Waals surface area contributed by atoms with Gasteiger partial charge in [-0.25, -0.2) is 79.0 Å². The molecule has 0 aliphatic heterocycles. The Hall–Kier alpha value is -4.90. The maximum Gasteiger partial charge on any atom is 0.198 e. The molecule has 0 saturated carbocycles. The van der Waals surface area contributed by atoms with Crippen LogP contribution in [-0.4, -0.2) is 0 Å². The summed E-state index contributed by atoms with van der Waals surface area (Å²) < 4.78 is 247. The summed E-state index contributed by atoms with van der Waals surface area (Å²) in [5.41, 5.74) is -1.99. The zero-order valence-corrected chi connectivity index (χ0v) is 22.8. The van der Waals surface area contributed by atoms with Gasteiger partial charge in [0.25, 0.3) is 0 Å². The normalized spacial score (nSPS) is 11.8. The maximum absolute atomic E-state index is 14.2. The number of aryl methyl sites for hydroxylation is 1. The topological polar surface area (TPSA) is 0 Å². The smallest absolute Gasteiger partial charge is 0.198 e. The molecule has 0 heterocycles. The molecule has 6 aromatic rings. The second-order valence-electron chi connectivity index (χ2n) is 9.90. The van der Waals surface area contributed by atoms with Crippen molar-refractivity contribution in [3.8, 4) is 0 Å². The Morgan fingerprint density at radius 2 is 0.354 bits per heavy atom. The lowest BCUT2D eigenvalue weighted by Crippen LogP contribution is -2.07. The first kappa shape index (κ1) is 34.4. The third-order valence-corrected chi connectivity index (χ3v) is 7.40. The van der Waals surface area contributed by atoms with E-state index in [4.69, 9.17) is 0 Å². The van der Waals surface area contributed by atoms with Crippen molar-refractivity contribution in [2.24, 2.45) is 0 Å². The van der Waals surface area contributed by atoms with Gasteiger partial charge in [0.05, 0.1) is 16.2 Å². The second-order valence-corrected chi connectivity index (χ2v) is 9.90. The fourth-order valence-corrected chi connectivity index (χ4v) is 5.10. The largest absolute Gasteiger partial charge is 0.206 e. The van der Waals surface area contributed by atoms with Gasteiger partial charge in [0.15, 0.2) is 93.1 Å². The van der Waals surface area contributed by atoms with Crippen molar-refractivity contribution in [3.05, 3.63) is 116 Å². The Morgan fingerprint density at radius 1 is 0.167 bits per heavy atom. The van der Waals surface area contributed by atoms with Crippen LogP contribution in [0.5, 0.6) is 0 Å². The Morgan fingerprint density at radius 3 is 0.708 bits per heavy atom. The van der Waals surface area contributed by atoms with Crippen molar-refractivity contribution in [2.75, 3.05) is 0 Å². The third-order valence-electron chi connectivity index (χ3n) is 7.40.